The van der Waals surface area contributed by atoms with Gasteiger partial charge in [0.2, 0.25) is 21.8 Å². The molecule has 0 aliphatic carbocycles. The molecule has 1 heterocycles. The number of nitrogens with one attached hydrogen (secondary N) is 1. The smallest absolute Gasteiger partial charge is 0.243 e. The largest absolute Gasteiger partial charge is 0.375 e. The quantitative estimate of drug-likeness (QED) is 0.609. The third-order valence-corrected chi connectivity index (χ3v) is 8.05. The molecule has 1 saturated heterocycles. The van der Waals surface area contributed by atoms with Gasteiger partial charge in [-0.25, -0.2) is 8.42 Å². The number of benzene rings is 2. The Balaban J connectivity index is 1.74. The fourth-order valence-electron chi connectivity index (χ4n) is 3.95. The van der Waals surface area contributed by atoms with Crippen molar-refractivity contribution >= 4 is 50.5 Å². The van der Waals surface area contributed by atoms with Crippen LogP contribution < -0.4 is 15.1 Å². The van der Waals surface area contributed by atoms with Crippen LogP contribution in [0.3, 0.4) is 0 Å². The van der Waals surface area contributed by atoms with Gasteiger partial charge in [0, 0.05) is 45.8 Å². The number of nitrogens with zero attached hydrogens (tertiary/aromatic N) is 3. The van der Waals surface area contributed by atoms with E-state index in [-0.39, 0.29) is 29.7 Å². The minimum absolute atomic E-state index is 0.0726. The lowest BCUT2D eigenvalue weighted by atomic mass is 10.1. The molecule has 1 aliphatic rings. The molecule has 178 valence electrons. The summed E-state index contributed by atoms with van der Waals surface area (Å²) in [7, 11) is 0.0927. The fourth-order valence-corrected chi connectivity index (χ4v) is 5.75. The van der Waals surface area contributed by atoms with E-state index in [0.29, 0.717) is 35.2 Å². The van der Waals surface area contributed by atoms with Gasteiger partial charge in [0.25, 0.3) is 0 Å². The van der Waals surface area contributed by atoms with E-state index in [0.717, 1.165) is 0 Å². The molecule has 1 unspecified atom stereocenters. The van der Waals surface area contributed by atoms with Gasteiger partial charge in [-0.3, -0.25) is 9.59 Å². The number of sulfonamides is 1. The second-order valence-electron chi connectivity index (χ2n) is 8.01. The molecule has 1 fully saturated rings. The molecule has 0 bridgehead atoms. The van der Waals surface area contributed by atoms with Crippen molar-refractivity contribution in [3.8, 4) is 0 Å². The topological polar surface area (TPSA) is 90.0 Å². The van der Waals surface area contributed by atoms with Crippen LogP contribution in [0, 0.1) is 5.92 Å². The lowest BCUT2D eigenvalue weighted by molar-refractivity contribution is -0.122. The second kappa shape index (κ2) is 10.1. The van der Waals surface area contributed by atoms with E-state index >= 15 is 0 Å². The number of para-hydroxylation sites is 1. The Bertz CT molecular complexity index is 1130. The van der Waals surface area contributed by atoms with Gasteiger partial charge in [0.05, 0.1) is 27.2 Å². The molecule has 1 atom stereocenters. The van der Waals surface area contributed by atoms with Crippen LogP contribution in [-0.2, 0) is 19.6 Å². The minimum Gasteiger partial charge on any atom is -0.375 e. The molecular weight excluding hydrogens is 464 g/mol. The van der Waals surface area contributed by atoms with E-state index in [1.807, 2.05) is 19.0 Å². The maximum absolute atomic E-state index is 12.9. The second-order valence-corrected chi connectivity index (χ2v) is 10.4. The maximum atomic E-state index is 12.9. The highest BCUT2D eigenvalue weighted by Crippen LogP contribution is 2.34. The van der Waals surface area contributed by atoms with E-state index in [2.05, 4.69) is 5.32 Å². The number of rotatable bonds is 8. The molecule has 2 aromatic carbocycles. The van der Waals surface area contributed by atoms with Gasteiger partial charge >= 0.3 is 0 Å². The summed E-state index contributed by atoms with van der Waals surface area (Å²) in [4.78, 5) is 29.1. The van der Waals surface area contributed by atoms with E-state index in [4.69, 9.17) is 11.6 Å². The van der Waals surface area contributed by atoms with Crippen LogP contribution in [0.25, 0.3) is 0 Å². The predicted molar refractivity (Wildman–Crippen MR) is 131 cm³/mol. The highest BCUT2D eigenvalue weighted by Gasteiger charge is 2.35. The van der Waals surface area contributed by atoms with Crippen molar-refractivity contribution in [1.29, 1.82) is 0 Å². The number of hydrogen-bond acceptors (Lipinski definition) is 5. The van der Waals surface area contributed by atoms with E-state index in [1.54, 1.807) is 44.2 Å². The normalized spacial score (nSPS) is 16.4. The van der Waals surface area contributed by atoms with Gasteiger partial charge in [0.15, 0.2) is 0 Å². The van der Waals surface area contributed by atoms with Gasteiger partial charge in [-0.15, -0.1) is 0 Å². The van der Waals surface area contributed by atoms with Gasteiger partial charge in [-0.1, -0.05) is 31.5 Å². The van der Waals surface area contributed by atoms with Gasteiger partial charge in [-0.2, -0.15) is 4.31 Å². The lowest BCUT2D eigenvalue weighted by Crippen LogP contribution is -2.31. The summed E-state index contributed by atoms with van der Waals surface area (Å²) in [6.45, 7) is 4.54. The van der Waals surface area contributed by atoms with Gasteiger partial charge in [0.1, 0.15) is 0 Å². The summed E-state index contributed by atoms with van der Waals surface area (Å²) in [5, 5.41) is 3.41. The number of carbonyl (C=O) groups excluding carboxylic acids is 2. The Kier molecular flexibility index (Phi) is 7.66. The number of halogens is 1. The predicted octanol–water partition coefficient (Wildman–Crippen LogP) is 3.43. The molecule has 3 rings (SSSR count). The van der Waals surface area contributed by atoms with Crippen molar-refractivity contribution in [3.63, 3.8) is 0 Å². The van der Waals surface area contributed by atoms with Crippen LogP contribution >= 0.6 is 11.6 Å². The Labute approximate surface area is 200 Å². The molecular formula is C23H29ClN4O4S. The number of amides is 2. The lowest BCUT2D eigenvalue weighted by Gasteiger charge is -2.21. The molecule has 10 heteroatoms. The molecule has 1 N–H and O–H groups in total. The van der Waals surface area contributed by atoms with Crippen LogP contribution in [0.4, 0.5) is 17.1 Å². The minimum atomic E-state index is -3.58. The summed E-state index contributed by atoms with van der Waals surface area (Å²) in [5.74, 6) is -0.990. The summed E-state index contributed by atoms with van der Waals surface area (Å²) in [5.41, 5.74) is 1.83. The zero-order chi connectivity index (χ0) is 24.3. The Morgan fingerprint density at radius 3 is 2.33 bits per heavy atom. The van der Waals surface area contributed by atoms with Gasteiger partial charge in [-0.05, 0) is 36.4 Å². The van der Waals surface area contributed by atoms with Crippen molar-refractivity contribution < 1.29 is 18.0 Å². The van der Waals surface area contributed by atoms with Crippen molar-refractivity contribution in [2.45, 2.75) is 25.2 Å². The summed E-state index contributed by atoms with van der Waals surface area (Å²) < 4.78 is 26.7. The molecule has 1 aliphatic heterocycles. The van der Waals surface area contributed by atoms with Crippen LogP contribution in [0.15, 0.2) is 47.4 Å². The van der Waals surface area contributed by atoms with Crippen LogP contribution in [0.5, 0.6) is 0 Å². The molecule has 0 aromatic heterocycles. The average molecular weight is 493 g/mol. The first-order valence-electron chi connectivity index (χ1n) is 10.8. The molecule has 33 heavy (non-hydrogen) atoms. The molecule has 2 amide bonds. The van der Waals surface area contributed by atoms with Crippen molar-refractivity contribution in [1.82, 2.24) is 4.31 Å². The first-order valence-corrected chi connectivity index (χ1v) is 12.6. The molecule has 2 aromatic rings. The summed E-state index contributed by atoms with van der Waals surface area (Å²) >= 11 is 6.28. The Morgan fingerprint density at radius 1 is 1.12 bits per heavy atom. The van der Waals surface area contributed by atoms with Gasteiger partial charge < -0.3 is 15.1 Å². The number of anilines is 3. The summed E-state index contributed by atoms with van der Waals surface area (Å²) in [6.07, 6.45) is 0.0726. The van der Waals surface area contributed by atoms with Crippen LogP contribution in [-0.4, -0.2) is 58.3 Å². The Hall–Kier alpha value is -2.62. The highest BCUT2D eigenvalue weighted by atomic mass is 35.5. The maximum Gasteiger partial charge on any atom is 0.243 e. The van der Waals surface area contributed by atoms with E-state index in [1.165, 1.54) is 21.3 Å². The van der Waals surface area contributed by atoms with E-state index < -0.39 is 15.9 Å². The molecule has 0 radical (unpaired) electrons. The SMILES string of the molecule is CCN(CC)S(=O)(=O)c1ccc(N2CC(C(=O)Nc3cccc(Cl)c3N(C)C)CC2=O)cc1. The average Bonchev–Trinajstić information content (AvgIpc) is 3.16. The fraction of sp³-hybridized carbons (Fsp3) is 0.391. The zero-order valence-corrected chi connectivity index (χ0v) is 20.8. The van der Waals surface area contributed by atoms with Crippen molar-refractivity contribution in [2.24, 2.45) is 5.92 Å². The Morgan fingerprint density at radius 2 is 1.76 bits per heavy atom. The molecule has 0 spiro atoms. The third kappa shape index (κ3) is 5.15. The standard InChI is InChI=1S/C23H29ClN4O4S/c1-5-27(6-2)33(31,32)18-12-10-17(11-13-18)28-15-16(14-21(28)29)23(30)25-20-9-7-8-19(24)22(20)26(3)4/h7-13,16H,5-6,14-15H2,1-4H3,(H,25,30). The monoisotopic (exact) mass is 492 g/mol. The van der Waals surface area contributed by atoms with Crippen molar-refractivity contribution in [3.05, 3.63) is 47.5 Å². The summed E-state index contributed by atoms with van der Waals surface area (Å²) in [6, 6.07) is 11.5. The van der Waals surface area contributed by atoms with E-state index in [9.17, 15) is 18.0 Å². The zero-order valence-electron chi connectivity index (χ0n) is 19.2. The van der Waals surface area contributed by atoms with Crippen LogP contribution in [0.1, 0.15) is 20.3 Å². The first kappa shape index (κ1) is 25.0. The third-order valence-electron chi connectivity index (χ3n) is 5.68. The number of carbonyl (C=O) groups is 2. The van der Waals surface area contributed by atoms with Crippen molar-refractivity contribution in [2.75, 3.05) is 48.8 Å². The molecule has 8 nitrogen and oxygen atoms in total. The first-order chi connectivity index (χ1) is 15.6. The number of hydrogen-bond donors (Lipinski definition) is 1. The highest BCUT2D eigenvalue weighted by molar-refractivity contribution is 7.89. The van der Waals surface area contributed by atoms with Crippen LogP contribution in [0.2, 0.25) is 5.02 Å². The molecule has 0 saturated carbocycles.